The van der Waals surface area contributed by atoms with E-state index in [4.69, 9.17) is 21.3 Å². The van der Waals surface area contributed by atoms with Gasteiger partial charge in [0.15, 0.2) is 0 Å². The zero-order chi connectivity index (χ0) is 21.4. The molecule has 1 aromatic heterocycles. The molecule has 2 fully saturated rings. The molecule has 31 heavy (non-hydrogen) atoms. The molecule has 0 radical (unpaired) electrons. The Morgan fingerprint density at radius 3 is 2.65 bits per heavy atom. The van der Waals surface area contributed by atoms with E-state index in [0.29, 0.717) is 6.61 Å². The van der Waals surface area contributed by atoms with Crippen molar-refractivity contribution in [2.24, 2.45) is 5.92 Å². The number of aromatic nitrogens is 2. The largest absolute Gasteiger partial charge is 0.379 e. The lowest BCUT2D eigenvalue weighted by Gasteiger charge is -2.32. The van der Waals surface area contributed by atoms with E-state index >= 15 is 0 Å². The van der Waals surface area contributed by atoms with Gasteiger partial charge in [-0.15, -0.1) is 0 Å². The Balaban J connectivity index is 1.41. The van der Waals surface area contributed by atoms with E-state index in [0.717, 1.165) is 72.2 Å². The number of nitrogens with zero attached hydrogens (tertiary/aromatic N) is 3. The lowest BCUT2D eigenvalue weighted by atomic mass is 9.95. The highest BCUT2D eigenvalue weighted by molar-refractivity contribution is 6.32. The molecule has 2 aliphatic heterocycles. The van der Waals surface area contributed by atoms with Crippen LogP contribution in [0, 0.1) is 12.8 Å². The summed E-state index contributed by atoms with van der Waals surface area (Å²) in [5.74, 6) is 1.11. The molecule has 2 aliphatic rings. The summed E-state index contributed by atoms with van der Waals surface area (Å²) in [5, 5.41) is 3.89. The van der Waals surface area contributed by atoms with Gasteiger partial charge in [0, 0.05) is 36.3 Å². The highest BCUT2D eigenvalue weighted by Gasteiger charge is 2.30. The highest BCUT2D eigenvalue weighted by Crippen LogP contribution is 2.32. The molecule has 3 heterocycles. The maximum Gasteiger partial charge on any atom is 0.223 e. The average Bonchev–Trinajstić information content (AvgIpc) is 3.42. The van der Waals surface area contributed by atoms with Crippen LogP contribution in [0.4, 0.5) is 5.95 Å². The summed E-state index contributed by atoms with van der Waals surface area (Å²) in [6, 6.07) is 14.5. The van der Waals surface area contributed by atoms with Crippen molar-refractivity contribution in [3.8, 4) is 5.69 Å². The molecule has 0 bridgehead atoms. The van der Waals surface area contributed by atoms with Crippen molar-refractivity contribution in [1.29, 1.82) is 0 Å². The number of hydrogen-bond acceptors (Lipinski definition) is 4. The molecule has 0 saturated carbocycles. The van der Waals surface area contributed by atoms with Gasteiger partial charge in [-0.3, -0.25) is 9.36 Å². The predicted octanol–water partition coefficient (Wildman–Crippen LogP) is 4.11. The second kappa shape index (κ2) is 8.52. The van der Waals surface area contributed by atoms with Crippen LogP contribution in [0.1, 0.15) is 24.8 Å². The number of amides is 1. The Morgan fingerprint density at radius 2 is 1.94 bits per heavy atom. The molecule has 3 aromatic rings. The normalized spacial score (nSPS) is 19.8. The van der Waals surface area contributed by atoms with E-state index < -0.39 is 0 Å². The summed E-state index contributed by atoms with van der Waals surface area (Å²) >= 11 is 6.46. The van der Waals surface area contributed by atoms with Crippen LogP contribution in [0.15, 0.2) is 42.5 Å². The van der Waals surface area contributed by atoms with Crippen LogP contribution < -0.4 is 10.2 Å². The van der Waals surface area contributed by atoms with Crippen molar-refractivity contribution in [2.75, 3.05) is 31.2 Å². The van der Waals surface area contributed by atoms with Crippen molar-refractivity contribution < 1.29 is 9.53 Å². The quantitative estimate of drug-likeness (QED) is 0.666. The zero-order valence-corrected chi connectivity index (χ0v) is 18.4. The van der Waals surface area contributed by atoms with Gasteiger partial charge in [0.25, 0.3) is 0 Å². The summed E-state index contributed by atoms with van der Waals surface area (Å²) < 4.78 is 7.56. The number of rotatable bonds is 4. The third-order valence-corrected chi connectivity index (χ3v) is 6.76. The van der Waals surface area contributed by atoms with E-state index in [-0.39, 0.29) is 17.9 Å². The maximum atomic E-state index is 12.7. The van der Waals surface area contributed by atoms with E-state index in [1.54, 1.807) is 0 Å². The first-order chi connectivity index (χ1) is 15.1. The number of imidazole rings is 1. The molecule has 0 unspecified atom stereocenters. The zero-order valence-electron chi connectivity index (χ0n) is 17.7. The molecule has 2 saturated heterocycles. The predicted molar refractivity (Wildman–Crippen MR) is 123 cm³/mol. The number of carbonyl (C=O) groups is 1. The molecule has 2 aromatic carbocycles. The van der Waals surface area contributed by atoms with E-state index in [9.17, 15) is 4.79 Å². The molecule has 5 rings (SSSR count). The number of ether oxygens (including phenoxy) is 1. The van der Waals surface area contributed by atoms with E-state index in [1.165, 1.54) is 0 Å². The summed E-state index contributed by atoms with van der Waals surface area (Å²) in [6.45, 7) is 4.96. The highest BCUT2D eigenvalue weighted by atomic mass is 35.5. The number of benzene rings is 2. The maximum absolute atomic E-state index is 12.7. The molecular formula is C24H27ClN4O2. The van der Waals surface area contributed by atoms with Crippen molar-refractivity contribution in [3.05, 3.63) is 53.1 Å². The molecule has 0 aliphatic carbocycles. The minimum Gasteiger partial charge on any atom is -0.379 e. The number of piperidine rings is 1. The molecular weight excluding hydrogens is 412 g/mol. The van der Waals surface area contributed by atoms with Crippen LogP contribution >= 0.6 is 11.6 Å². The summed E-state index contributed by atoms with van der Waals surface area (Å²) in [5.41, 5.74) is 4.01. The number of aryl methyl sites for hydroxylation is 1. The van der Waals surface area contributed by atoms with Crippen LogP contribution in [0.3, 0.4) is 0 Å². The van der Waals surface area contributed by atoms with Gasteiger partial charge in [-0.2, -0.15) is 0 Å². The lowest BCUT2D eigenvalue weighted by Crippen LogP contribution is -2.44. The summed E-state index contributed by atoms with van der Waals surface area (Å²) in [6.07, 6.45) is 2.54. The number of halogens is 1. The van der Waals surface area contributed by atoms with Crippen molar-refractivity contribution >= 4 is 34.5 Å². The molecule has 7 heteroatoms. The number of hydrogen-bond donors (Lipinski definition) is 1. The Kier molecular flexibility index (Phi) is 5.59. The van der Waals surface area contributed by atoms with Gasteiger partial charge in [0.2, 0.25) is 11.9 Å². The SMILES string of the molecule is Cc1cc2nc(N3CCC(C(=O)N[C@H]4CCOC4)CC3)n(-c3ccccc3)c2cc1Cl. The first-order valence-corrected chi connectivity index (χ1v) is 11.3. The second-order valence-corrected chi connectivity index (χ2v) is 8.91. The van der Waals surface area contributed by atoms with E-state index in [2.05, 4.69) is 26.9 Å². The van der Waals surface area contributed by atoms with Gasteiger partial charge < -0.3 is 15.0 Å². The minimum atomic E-state index is 0.0445. The van der Waals surface area contributed by atoms with Crippen molar-refractivity contribution in [2.45, 2.75) is 32.2 Å². The second-order valence-electron chi connectivity index (χ2n) is 8.50. The van der Waals surface area contributed by atoms with Gasteiger partial charge in [0.1, 0.15) is 0 Å². The van der Waals surface area contributed by atoms with Crippen molar-refractivity contribution in [3.63, 3.8) is 0 Å². The van der Waals surface area contributed by atoms with Gasteiger partial charge in [0.05, 0.1) is 23.7 Å². The Bertz CT molecular complexity index is 1080. The van der Waals surface area contributed by atoms with Crippen LogP contribution in [0.5, 0.6) is 0 Å². The van der Waals surface area contributed by atoms with Crippen LogP contribution in [-0.4, -0.2) is 47.8 Å². The number of para-hydroxylation sites is 1. The standard InChI is InChI=1S/C24H27ClN4O2/c1-16-13-21-22(14-20(16)25)29(19-5-3-2-4-6-19)24(27-21)28-10-7-17(8-11-28)23(30)26-18-9-12-31-15-18/h2-6,13-14,17-18H,7-12,15H2,1H3,(H,26,30)/t18-/m0/s1. The van der Waals surface area contributed by atoms with Gasteiger partial charge in [-0.1, -0.05) is 29.8 Å². The number of carbonyl (C=O) groups excluding carboxylic acids is 1. The fourth-order valence-electron chi connectivity index (χ4n) is 4.54. The topological polar surface area (TPSA) is 59.4 Å². The number of anilines is 1. The Labute approximate surface area is 187 Å². The molecule has 6 nitrogen and oxygen atoms in total. The van der Waals surface area contributed by atoms with E-state index in [1.807, 2.05) is 37.3 Å². The average molecular weight is 439 g/mol. The first kappa shape index (κ1) is 20.3. The third kappa shape index (κ3) is 4.02. The molecule has 1 amide bonds. The number of nitrogens with one attached hydrogen (secondary N) is 1. The molecule has 0 spiro atoms. The lowest BCUT2D eigenvalue weighted by molar-refractivity contribution is -0.126. The monoisotopic (exact) mass is 438 g/mol. The van der Waals surface area contributed by atoms with Crippen LogP contribution in [0.2, 0.25) is 5.02 Å². The molecule has 1 atom stereocenters. The molecule has 162 valence electrons. The van der Waals surface area contributed by atoms with Gasteiger partial charge >= 0.3 is 0 Å². The smallest absolute Gasteiger partial charge is 0.223 e. The van der Waals surface area contributed by atoms with Gasteiger partial charge in [-0.25, -0.2) is 4.98 Å². The minimum absolute atomic E-state index is 0.0445. The third-order valence-electron chi connectivity index (χ3n) is 6.36. The Hall–Kier alpha value is -2.57. The summed E-state index contributed by atoms with van der Waals surface area (Å²) in [4.78, 5) is 20.0. The number of fused-ring (bicyclic) bond motifs is 1. The fraction of sp³-hybridized carbons (Fsp3) is 0.417. The molecule has 1 N–H and O–H groups in total. The van der Waals surface area contributed by atoms with Crippen LogP contribution in [0.25, 0.3) is 16.7 Å². The van der Waals surface area contributed by atoms with Crippen LogP contribution in [-0.2, 0) is 9.53 Å². The fourth-order valence-corrected chi connectivity index (χ4v) is 4.70. The van der Waals surface area contributed by atoms with Gasteiger partial charge in [-0.05, 0) is 56.0 Å². The summed E-state index contributed by atoms with van der Waals surface area (Å²) in [7, 11) is 0. The first-order valence-electron chi connectivity index (χ1n) is 11.0. The van der Waals surface area contributed by atoms with Crippen molar-refractivity contribution in [1.82, 2.24) is 14.9 Å². The Morgan fingerprint density at radius 1 is 1.16 bits per heavy atom.